The maximum absolute atomic E-state index is 12.1. The third-order valence-electron chi connectivity index (χ3n) is 4.69. The average molecular weight is 297 g/mol. The molecule has 2 fully saturated rings. The number of carboxylic acid groups (broad SMARTS) is 1. The molecule has 0 spiro atoms. The molecule has 2 amide bonds. The second kappa shape index (κ2) is 7.64. The van der Waals surface area contributed by atoms with Crippen LogP contribution in [-0.4, -0.2) is 65.7 Å². The summed E-state index contributed by atoms with van der Waals surface area (Å²) in [6.07, 6.45) is 4.94. The van der Waals surface area contributed by atoms with Crippen LogP contribution >= 0.6 is 0 Å². The van der Waals surface area contributed by atoms with Crippen molar-refractivity contribution in [1.29, 1.82) is 0 Å². The summed E-state index contributed by atoms with van der Waals surface area (Å²) < 4.78 is 0. The third kappa shape index (κ3) is 4.59. The van der Waals surface area contributed by atoms with Crippen LogP contribution in [0.25, 0.3) is 0 Å². The van der Waals surface area contributed by atoms with Gasteiger partial charge in [-0.15, -0.1) is 0 Å². The lowest BCUT2D eigenvalue weighted by Gasteiger charge is -2.34. The molecule has 6 heteroatoms. The van der Waals surface area contributed by atoms with Crippen molar-refractivity contribution in [2.75, 3.05) is 32.7 Å². The smallest absolute Gasteiger partial charge is 0.317 e. The van der Waals surface area contributed by atoms with E-state index in [2.05, 4.69) is 17.1 Å². The second-order valence-electron chi connectivity index (χ2n) is 6.23. The van der Waals surface area contributed by atoms with Gasteiger partial charge in [0.15, 0.2) is 0 Å². The van der Waals surface area contributed by atoms with Crippen LogP contribution in [0.15, 0.2) is 0 Å². The Morgan fingerprint density at radius 3 is 2.33 bits per heavy atom. The molecule has 6 nitrogen and oxygen atoms in total. The zero-order chi connectivity index (χ0) is 15.2. The molecule has 2 aliphatic heterocycles. The minimum atomic E-state index is -0.742. The number of hydrogen-bond acceptors (Lipinski definition) is 3. The van der Waals surface area contributed by atoms with Gasteiger partial charge in [0, 0.05) is 25.7 Å². The first kappa shape index (κ1) is 16.1. The van der Waals surface area contributed by atoms with E-state index in [-0.39, 0.29) is 11.9 Å². The van der Waals surface area contributed by atoms with E-state index < -0.39 is 5.97 Å². The summed E-state index contributed by atoms with van der Waals surface area (Å²) in [6.45, 7) is 6.16. The van der Waals surface area contributed by atoms with Crippen molar-refractivity contribution in [2.45, 2.75) is 45.1 Å². The van der Waals surface area contributed by atoms with Crippen molar-refractivity contribution in [2.24, 2.45) is 5.92 Å². The number of nitrogens with zero attached hydrogens (tertiary/aromatic N) is 2. The van der Waals surface area contributed by atoms with Crippen LogP contribution in [0.3, 0.4) is 0 Å². The number of hydrogen-bond donors (Lipinski definition) is 2. The number of piperidine rings is 2. The van der Waals surface area contributed by atoms with E-state index in [0.29, 0.717) is 38.5 Å². The number of carboxylic acids is 1. The van der Waals surface area contributed by atoms with Crippen LogP contribution in [0.5, 0.6) is 0 Å². The Labute approximate surface area is 126 Å². The van der Waals surface area contributed by atoms with Gasteiger partial charge < -0.3 is 15.3 Å². The van der Waals surface area contributed by atoms with Gasteiger partial charge in [0.05, 0.1) is 5.92 Å². The summed E-state index contributed by atoms with van der Waals surface area (Å²) in [5.41, 5.74) is 0. The lowest BCUT2D eigenvalue weighted by molar-refractivity contribution is -0.143. The van der Waals surface area contributed by atoms with E-state index >= 15 is 0 Å². The van der Waals surface area contributed by atoms with E-state index in [1.54, 1.807) is 4.90 Å². The standard InChI is InChI=1S/C15H27N3O3/c1-12(17-7-3-2-4-8-17)11-16-15(21)18-9-5-13(6-10-18)14(19)20/h12-13H,2-11H2,1H3,(H,16,21)(H,19,20). The van der Waals surface area contributed by atoms with Crippen molar-refractivity contribution < 1.29 is 14.7 Å². The molecule has 0 aliphatic carbocycles. The van der Waals surface area contributed by atoms with E-state index in [1.807, 2.05) is 0 Å². The minimum Gasteiger partial charge on any atom is -0.481 e. The van der Waals surface area contributed by atoms with Crippen LogP contribution in [-0.2, 0) is 4.79 Å². The van der Waals surface area contributed by atoms with Gasteiger partial charge in [-0.25, -0.2) is 4.79 Å². The van der Waals surface area contributed by atoms with Gasteiger partial charge in [0.2, 0.25) is 0 Å². The van der Waals surface area contributed by atoms with Crippen molar-refractivity contribution in [3.05, 3.63) is 0 Å². The molecule has 2 heterocycles. The van der Waals surface area contributed by atoms with E-state index in [0.717, 1.165) is 13.1 Å². The molecule has 2 saturated heterocycles. The number of likely N-dealkylation sites (tertiary alicyclic amines) is 2. The molecule has 1 unspecified atom stereocenters. The first-order valence-electron chi connectivity index (χ1n) is 8.07. The van der Waals surface area contributed by atoms with Gasteiger partial charge in [-0.3, -0.25) is 9.69 Å². The van der Waals surface area contributed by atoms with E-state index in [4.69, 9.17) is 5.11 Å². The largest absolute Gasteiger partial charge is 0.481 e. The summed E-state index contributed by atoms with van der Waals surface area (Å²) in [4.78, 5) is 27.2. The molecule has 0 aromatic rings. The van der Waals surface area contributed by atoms with E-state index in [9.17, 15) is 9.59 Å². The monoisotopic (exact) mass is 297 g/mol. The highest BCUT2D eigenvalue weighted by Gasteiger charge is 2.27. The lowest BCUT2D eigenvalue weighted by atomic mass is 9.97. The molecular weight excluding hydrogens is 270 g/mol. The molecule has 0 aromatic heterocycles. The normalized spacial score (nSPS) is 22.8. The predicted molar refractivity (Wildman–Crippen MR) is 80.2 cm³/mol. The number of nitrogens with one attached hydrogen (secondary N) is 1. The third-order valence-corrected chi connectivity index (χ3v) is 4.69. The Bertz CT molecular complexity index is 361. The van der Waals surface area contributed by atoms with Gasteiger partial charge >= 0.3 is 12.0 Å². The highest BCUT2D eigenvalue weighted by molar-refractivity contribution is 5.75. The van der Waals surface area contributed by atoms with Gasteiger partial charge in [0.1, 0.15) is 0 Å². The molecule has 2 N–H and O–H groups in total. The highest BCUT2D eigenvalue weighted by Crippen LogP contribution is 2.17. The number of rotatable bonds is 4. The van der Waals surface area contributed by atoms with Gasteiger partial charge in [0.25, 0.3) is 0 Å². The van der Waals surface area contributed by atoms with Crippen molar-refractivity contribution in [3.8, 4) is 0 Å². The van der Waals surface area contributed by atoms with Crippen molar-refractivity contribution >= 4 is 12.0 Å². The van der Waals surface area contributed by atoms with Crippen LogP contribution in [0.2, 0.25) is 0 Å². The van der Waals surface area contributed by atoms with Gasteiger partial charge in [-0.2, -0.15) is 0 Å². The Morgan fingerprint density at radius 2 is 1.76 bits per heavy atom. The Hall–Kier alpha value is -1.30. The van der Waals surface area contributed by atoms with Gasteiger partial charge in [-0.05, 0) is 45.7 Å². The molecule has 0 radical (unpaired) electrons. The number of aliphatic carboxylic acids is 1. The number of carbonyl (C=O) groups excluding carboxylic acids is 1. The summed E-state index contributed by atoms with van der Waals surface area (Å²) in [7, 11) is 0. The maximum atomic E-state index is 12.1. The summed E-state index contributed by atoms with van der Waals surface area (Å²) in [6, 6.07) is 0.313. The molecule has 120 valence electrons. The molecule has 2 rings (SSSR count). The average Bonchev–Trinajstić information content (AvgIpc) is 2.53. The van der Waals surface area contributed by atoms with Gasteiger partial charge in [-0.1, -0.05) is 6.42 Å². The number of urea groups is 1. The zero-order valence-electron chi connectivity index (χ0n) is 12.9. The Balaban J connectivity index is 1.68. The zero-order valence-corrected chi connectivity index (χ0v) is 12.9. The van der Waals surface area contributed by atoms with E-state index in [1.165, 1.54) is 19.3 Å². The summed E-state index contributed by atoms with van der Waals surface area (Å²) in [5.74, 6) is -1.03. The van der Waals surface area contributed by atoms with Crippen LogP contribution < -0.4 is 5.32 Å². The number of carbonyl (C=O) groups is 2. The highest BCUT2D eigenvalue weighted by atomic mass is 16.4. The lowest BCUT2D eigenvalue weighted by Crippen LogP contribution is -2.50. The molecule has 0 aromatic carbocycles. The minimum absolute atomic E-state index is 0.0531. The Kier molecular flexibility index (Phi) is 5.85. The fraction of sp³-hybridized carbons (Fsp3) is 0.867. The summed E-state index contributed by atoms with van der Waals surface area (Å²) in [5, 5.41) is 12.0. The summed E-state index contributed by atoms with van der Waals surface area (Å²) >= 11 is 0. The predicted octanol–water partition coefficient (Wildman–Crippen LogP) is 1.37. The molecule has 0 saturated carbocycles. The molecule has 0 bridgehead atoms. The quantitative estimate of drug-likeness (QED) is 0.822. The SMILES string of the molecule is CC(CNC(=O)N1CCC(C(=O)O)CC1)N1CCCCC1. The first-order chi connectivity index (χ1) is 10.1. The fourth-order valence-electron chi connectivity index (χ4n) is 3.16. The second-order valence-corrected chi connectivity index (χ2v) is 6.23. The topological polar surface area (TPSA) is 72.9 Å². The number of amides is 2. The Morgan fingerprint density at radius 1 is 1.14 bits per heavy atom. The van der Waals surface area contributed by atoms with Crippen LogP contribution in [0.1, 0.15) is 39.0 Å². The molecular formula is C15H27N3O3. The maximum Gasteiger partial charge on any atom is 0.317 e. The molecule has 2 aliphatic rings. The fourth-order valence-corrected chi connectivity index (χ4v) is 3.16. The van der Waals surface area contributed by atoms with Crippen molar-refractivity contribution in [1.82, 2.24) is 15.1 Å². The molecule has 21 heavy (non-hydrogen) atoms. The first-order valence-corrected chi connectivity index (χ1v) is 8.07. The van der Waals surface area contributed by atoms with Crippen LogP contribution in [0, 0.1) is 5.92 Å². The van der Waals surface area contributed by atoms with Crippen molar-refractivity contribution in [3.63, 3.8) is 0 Å². The van der Waals surface area contributed by atoms with Crippen LogP contribution in [0.4, 0.5) is 4.79 Å². The molecule has 1 atom stereocenters.